The molecule has 1 heterocycles. The molecule has 0 spiro atoms. The number of hydrogen-bond donors (Lipinski definition) is 1. The van der Waals surface area contributed by atoms with E-state index in [4.69, 9.17) is 10.4 Å². The molecule has 0 radical (unpaired) electrons. The van der Waals surface area contributed by atoms with Crippen LogP contribution in [0.3, 0.4) is 0 Å². The molecule has 0 amide bonds. The Morgan fingerprint density at radius 3 is 2.75 bits per heavy atom. The van der Waals surface area contributed by atoms with E-state index in [-0.39, 0.29) is 6.61 Å². The van der Waals surface area contributed by atoms with Gasteiger partial charge in [-0.3, -0.25) is 4.84 Å². The number of aromatic nitrogens is 2. The average molecular weight is 284 g/mol. The molecular weight excluding hydrogens is 274 g/mol. The Labute approximate surface area is 101 Å². The van der Waals surface area contributed by atoms with Gasteiger partial charge in [-0.15, -0.1) is 0 Å². The van der Waals surface area contributed by atoms with Crippen LogP contribution in [0.2, 0.25) is 0 Å². The summed E-state index contributed by atoms with van der Waals surface area (Å²) in [7, 11) is 0. The van der Waals surface area contributed by atoms with Gasteiger partial charge in [-0.25, -0.2) is 5.90 Å². The van der Waals surface area contributed by atoms with Gasteiger partial charge in [0.05, 0.1) is 0 Å². The zero-order chi connectivity index (χ0) is 11.4. The van der Waals surface area contributed by atoms with Gasteiger partial charge in [0.15, 0.2) is 5.82 Å². The van der Waals surface area contributed by atoms with Crippen molar-refractivity contribution >= 4 is 15.9 Å². The Kier molecular flexibility index (Phi) is 3.66. The molecule has 1 aromatic carbocycles. The molecule has 0 atom stereocenters. The minimum Gasteiger partial charge on any atom is -0.337 e. The SMILES string of the molecule is NOCc1nc(Cc2ccc(Br)cc2)no1. The first kappa shape index (κ1) is 11.3. The van der Waals surface area contributed by atoms with Crippen molar-refractivity contribution in [2.45, 2.75) is 13.0 Å². The van der Waals surface area contributed by atoms with Crippen LogP contribution < -0.4 is 5.90 Å². The summed E-state index contributed by atoms with van der Waals surface area (Å²) in [6.07, 6.45) is 0.626. The lowest BCUT2D eigenvalue weighted by Crippen LogP contribution is -1.99. The molecule has 2 rings (SSSR count). The van der Waals surface area contributed by atoms with Crippen LogP contribution in [0.15, 0.2) is 33.3 Å². The third-order valence-corrected chi connectivity index (χ3v) is 2.52. The summed E-state index contributed by atoms with van der Waals surface area (Å²) in [4.78, 5) is 8.53. The highest BCUT2D eigenvalue weighted by Crippen LogP contribution is 2.13. The minimum atomic E-state index is 0.132. The van der Waals surface area contributed by atoms with E-state index in [1.165, 1.54) is 0 Å². The third-order valence-electron chi connectivity index (χ3n) is 1.99. The van der Waals surface area contributed by atoms with Gasteiger partial charge in [-0.2, -0.15) is 4.98 Å². The molecule has 5 nitrogen and oxygen atoms in total. The largest absolute Gasteiger partial charge is 0.337 e. The highest BCUT2D eigenvalue weighted by molar-refractivity contribution is 9.10. The maximum Gasteiger partial charge on any atom is 0.254 e. The lowest BCUT2D eigenvalue weighted by molar-refractivity contribution is 0.0995. The first-order valence-electron chi connectivity index (χ1n) is 4.65. The Morgan fingerprint density at radius 1 is 1.31 bits per heavy atom. The van der Waals surface area contributed by atoms with Crippen molar-refractivity contribution in [1.29, 1.82) is 0 Å². The number of rotatable bonds is 4. The van der Waals surface area contributed by atoms with E-state index < -0.39 is 0 Å². The van der Waals surface area contributed by atoms with Gasteiger partial charge in [-0.05, 0) is 17.7 Å². The molecule has 0 aliphatic heterocycles. The van der Waals surface area contributed by atoms with Crippen LogP contribution in [0.4, 0.5) is 0 Å². The van der Waals surface area contributed by atoms with E-state index in [9.17, 15) is 0 Å². The second-order valence-electron chi connectivity index (χ2n) is 3.22. The molecule has 6 heteroatoms. The Bertz CT molecular complexity index is 455. The van der Waals surface area contributed by atoms with E-state index >= 15 is 0 Å². The fourth-order valence-corrected chi connectivity index (χ4v) is 1.54. The molecule has 0 saturated heterocycles. The highest BCUT2D eigenvalue weighted by Gasteiger charge is 2.06. The summed E-state index contributed by atoms with van der Waals surface area (Å²) in [5, 5.41) is 3.82. The van der Waals surface area contributed by atoms with Crippen LogP contribution in [-0.4, -0.2) is 10.1 Å². The van der Waals surface area contributed by atoms with Crippen molar-refractivity contribution in [3.05, 3.63) is 46.0 Å². The minimum absolute atomic E-state index is 0.132. The predicted molar refractivity (Wildman–Crippen MR) is 60.2 cm³/mol. The normalized spacial score (nSPS) is 10.6. The van der Waals surface area contributed by atoms with Gasteiger partial charge < -0.3 is 4.52 Å². The van der Waals surface area contributed by atoms with Gasteiger partial charge >= 0.3 is 0 Å². The smallest absolute Gasteiger partial charge is 0.254 e. The predicted octanol–water partition coefficient (Wildman–Crippen LogP) is 1.81. The van der Waals surface area contributed by atoms with Gasteiger partial charge in [-0.1, -0.05) is 33.2 Å². The maximum absolute atomic E-state index is 4.93. The molecule has 0 aliphatic rings. The van der Waals surface area contributed by atoms with Gasteiger partial charge in [0, 0.05) is 10.9 Å². The summed E-state index contributed by atoms with van der Waals surface area (Å²) in [6, 6.07) is 7.94. The molecule has 2 N–H and O–H groups in total. The number of nitrogens with two attached hydrogens (primary N) is 1. The monoisotopic (exact) mass is 283 g/mol. The van der Waals surface area contributed by atoms with Crippen molar-refractivity contribution in [3.8, 4) is 0 Å². The lowest BCUT2D eigenvalue weighted by Gasteiger charge is -1.96. The van der Waals surface area contributed by atoms with Crippen molar-refractivity contribution in [2.24, 2.45) is 5.90 Å². The third kappa shape index (κ3) is 2.88. The summed E-state index contributed by atoms with van der Waals surface area (Å²) in [6.45, 7) is 0.132. The molecule has 2 aromatic rings. The van der Waals surface area contributed by atoms with Crippen LogP contribution in [0.1, 0.15) is 17.3 Å². The van der Waals surface area contributed by atoms with Crippen LogP contribution in [0.25, 0.3) is 0 Å². The molecular formula is C10H10BrN3O2. The van der Waals surface area contributed by atoms with Gasteiger partial charge in [0.25, 0.3) is 5.89 Å². The fraction of sp³-hybridized carbons (Fsp3) is 0.200. The van der Waals surface area contributed by atoms with E-state index in [1.54, 1.807) is 0 Å². The lowest BCUT2D eigenvalue weighted by atomic mass is 10.1. The number of nitrogens with zero attached hydrogens (tertiary/aromatic N) is 2. The second-order valence-corrected chi connectivity index (χ2v) is 4.13. The zero-order valence-corrected chi connectivity index (χ0v) is 9.98. The average Bonchev–Trinajstić information content (AvgIpc) is 2.70. The number of halogens is 1. The van der Waals surface area contributed by atoms with Crippen molar-refractivity contribution in [3.63, 3.8) is 0 Å². The van der Waals surface area contributed by atoms with Crippen LogP contribution in [-0.2, 0) is 17.9 Å². The fourth-order valence-electron chi connectivity index (χ4n) is 1.28. The number of benzene rings is 1. The van der Waals surface area contributed by atoms with E-state index in [0.717, 1.165) is 10.0 Å². The van der Waals surface area contributed by atoms with Crippen LogP contribution >= 0.6 is 15.9 Å². The topological polar surface area (TPSA) is 74.2 Å². The molecule has 0 bridgehead atoms. The molecule has 16 heavy (non-hydrogen) atoms. The van der Waals surface area contributed by atoms with Crippen molar-refractivity contribution in [1.82, 2.24) is 10.1 Å². The van der Waals surface area contributed by atoms with Crippen molar-refractivity contribution < 1.29 is 9.36 Å². The van der Waals surface area contributed by atoms with E-state index in [2.05, 4.69) is 30.9 Å². The molecule has 84 valence electrons. The van der Waals surface area contributed by atoms with Gasteiger partial charge in [0.1, 0.15) is 6.61 Å². The first-order valence-corrected chi connectivity index (χ1v) is 5.45. The zero-order valence-electron chi connectivity index (χ0n) is 8.39. The molecule has 0 unspecified atom stereocenters. The Morgan fingerprint density at radius 2 is 2.06 bits per heavy atom. The molecule has 0 aliphatic carbocycles. The molecule has 0 saturated carbocycles. The Balaban J connectivity index is 2.05. The van der Waals surface area contributed by atoms with Crippen molar-refractivity contribution in [2.75, 3.05) is 0 Å². The highest BCUT2D eigenvalue weighted by atomic mass is 79.9. The van der Waals surface area contributed by atoms with E-state index in [0.29, 0.717) is 18.1 Å². The standard InChI is InChI=1S/C10H10BrN3O2/c11-8-3-1-7(2-4-8)5-9-13-10(6-15-12)16-14-9/h1-4H,5-6,12H2. The molecule has 0 fully saturated rings. The van der Waals surface area contributed by atoms with Crippen LogP contribution in [0.5, 0.6) is 0 Å². The van der Waals surface area contributed by atoms with Crippen LogP contribution in [0, 0.1) is 0 Å². The summed E-state index contributed by atoms with van der Waals surface area (Å²) in [5.41, 5.74) is 1.12. The maximum atomic E-state index is 4.93. The number of hydrogen-bond acceptors (Lipinski definition) is 5. The Hall–Kier alpha value is -1.24. The summed E-state index contributed by atoms with van der Waals surface area (Å²) in [5.74, 6) is 5.91. The quantitative estimate of drug-likeness (QED) is 0.867. The second kappa shape index (κ2) is 5.20. The van der Waals surface area contributed by atoms with E-state index in [1.807, 2.05) is 24.3 Å². The molecule has 1 aromatic heterocycles. The van der Waals surface area contributed by atoms with Gasteiger partial charge in [0.2, 0.25) is 0 Å². The first-order chi connectivity index (χ1) is 7.78. The summed E-state index contributed by atoms with van der Waals surface area (Å²) < 4.78 is 5.97. The summed E-state index contributed by atoms with van der Waals surface area (Å²) >= 11 is 3.38.